The van der Waals surface area contributed by atoms with E-state index in [4.69, 9.17) is 33.3 Å². The van der Waals surface area contributed by atoms with Crippen LogP contribution in [0.4, 0.5) is 5.69 Å². The van der Waals surface area contributed by atoms with Gasteiger partial charge in [-0.15, -0.1) is 0 Å². The van der Waals surface area contributed by atoms with Gasteiger partial charge >= 0.3 is 0 Å². The zero-order chi connectivity index (χ0) is 34.6. The number of carbonyl (C=O) groups excluding carboxylic acids is 2. The largest absolute Gasteiger partial charge is 0.507 e. The van der Waals surface area contributed by atoms with E-state index >= 15 is 0 Å². The summed E-state index contributed by atoms with van der Waals surface area (Å²) in [6, 6.07) is 14.6. The number of halogens is 2. The lowest BCUT2D eigenvalue weighted by Crippen LogP contribution is -2.53. The highest BCUT2D eigenvalue weighted by molar-refractivity contribution is 6.35. The number of hydrogen-bond acceptors (Lipinski definition) is 9. The summed E-state index contributed by atoms with van der Waals surface area (Å²) >= 11 is 12.6. The van der Waals surface area contributed by atoms with Gasteiger partial charge in [-0.1, -0.05) is 36.2 Å². The number of hydrogen-bond donors (Lipinski definition) is 2. The number of aromatic nitrogens is 3. The van der Waals surface area contributed by atoms with Gasteiger partial charge in [0.15, 0.2) is 5.78 Å². The molecular weight excluding hydrogens is 651 g/mol. The van der Waals surface area contributed by atoms with Crippen molar-refractivity contribution >= 4 is 52.0 Å². The Balaban J connectivity index is 0.00000221. The molecule has 2 fully saturated rings. The van der Waals surface area contributed by atoms with Crippen molar-refractivity contribution in [1.82, 2.24) is 19.4 Å². The molecule has 3 heterocycles. The number of phenols is 1. The molecule has 1 aliphatic carbocycles. The highest BCUT2D eigenvalue weighted by Crippen LogP contribution is 2.50. The maximum absolute atomic E-state index is 13.8. The number of fused-ring (bicyclic) bond motifs is 1. The third-order valence-corrected chi connectivity index (χ3v) is 10.1. The minimum atomic E-state index is -0.567. The fourth-order valence-corrected chi connectivity index (χ4v) is 6.99. The smallest absolute Gasteiger partial charge is 0.177 e. The van der Waals surface area contributed by atoms with Crippen LogP contribution in [-0.2, 0) is 13.1 Å². The molecule has 1 aliphatic heterocycles. The van der Waals surface area contributed by atoms with E-state index in [1.54, 1.807) is 37.3 Å². The van der Waals surface area contributed by atoms with Crippen molar-refractivity contribution in [3.8, 4) is 11.8 Å². The Morgan fingerprint density at radius 2 is 1.96 bits per heavy atom. The van der Waals surface area contributed by atoms with E-state index in [-0.39, 0.29) is 23.0 Å². The van der Waals surface area contributed by atoms with Crippen molar-refractivity contribution < 1.29 is 19.8 Å². The molecule has 1 saturated heterocycles. The zero-order valence-corrected chi connectivity index (χ0v) is 28.9. The number of phenolic OH excluding ortho intramolecular Hbond substituents is 1. The fraction of sp³-hybridized carbons (Fsp3) is 0.417. The van der Waals surface area contributed by atoms with Gasteiger partial charge in [-0.3, -0.25) is 19.5 Å². The lowest BCUT2D eigenvalue weighted by molar-refractivity contribution is 0.0961. The van der Waals surface area contributed by atoms with E-state index in [1.807, 2.05) is 12.1 Å². The maximum atomic E-state index is 13.8. The minimum Gasteiger partial charge on any atom is -0.507 e. The van der Waals surface area contributed by atoms with E-state index < -0.39 is 5.92 Å². The van der Waals surface area contributed by atoms with Crippen LogP contribution in [0.25, 0.3) is 11.0 Å². The molecule has 2 aliphatic rings. The number of pyridine rings is 1. The van der Waals surface area contributed by atoms with Crippen LogP contribution in [0.3, 0.4) is 0 Å². The molecule has 2 N–H and O–H groups in total. The summed E-state index contributed by atoms with van der Waals surface area (Å²) in [6.07, 6.45) is 5.61. The molecule has 0 bridgehead atoms. The van der Waals surface area contributed by atoms with Crippen LogP contribution < -0.4 is 4.90 Å². The number of aldehydes is 1. The molecule has 12 heteroatoms. The molecule has 0 radical (unpaired) electrons. The third-order valence-electron chi connectivity index (χ3n) is 9.56. The van der Waals surface area contributed by atoms with E-state index in [9.17, 15) is 20.0 Å². The number of aliphatic hydroxyl groups excluding tert-OH is 1. The summed E-state index contributed by atoms with van der Waals surface area (Å²) in [5.74, 6) is 0.0343. The standard InChI is InChI=1S/C35H36Cl2N6O3.CH4O/c1-3-25-18-42(28-5-4-6-30(45)32(28)34(46)22(2)27-8-7-24(36)17-39-27)14-13-41(25)19-31-40-33-26(37)15-23(20-44)16-29(33)43(31)21-35(9-10-35)11-12-38;1-2/h4-8,15-17,20,22,25,45H,3,9-11,13-14,18-19,21H2,1-2H3;2H,1H3. The Bertz CT molecular complexity index is 1830. The molecular formula is C36H40Cl2N6O4. The number of Topliss-reactive ketones (excluding diaryl/α,β-unsaturated/α-hetero) is 1. The van der Waals surface area contributed by atoms with E-state index in [0.717, 1.165) is 44.0 Å². The average Bonchev–Trinajstić information content (AvgIpc) is 3.78. The Morgan fingerprint density at radius 3 is 2.60 bits per heavy atom. The van der Waals surface area contributed by atoms with E-state index in [2.05, 4.69) is 32.3 Å². The second-order valence-corrected chi connectivity index (χ2v) is 13.4. The summed E-state index contributed by atoms with van der Waals surface area (Å²) in [5.41, 5.74) is 3.47. The molecule has 2 unspecified atom stereocenters. The molecule has 6 rings (SSSR count). The molecule has 2 atom stereocenters. The number of ketones is 1. The van der Waals surface area contributed by atoms with Gasteiger partial charge in [-0.25, -0.2) is 4.98 Å². The van der Waals surface area contributed by atoms with Gasteiger partial charge in [0.25, 0.3) is 0 Å². The second kappa shape index (κ2) is 15.0. The van der Waals surface area contributed by atoms with Crippen molar-refractivity contribution in [1.29, 1.82) is 5.26 Å². The molecule has 0 amide bonds. The summed E-state index contributed by atoms with van der Waals surface area (Å²) in [5, 5.41) is 28.4. The van der Waals surface area contributed by atoms with Crippen LogP contribution >= 0.6 is 23.2 Å². The second-order valence-electron chi connectivity index (χ2n) is 12.6. The molecule has 2 aromatic carbocycles. The van der Waals surface area contributed by atoms with Crippen molar-refractivity contribution in [2.45, 2.75) is 64.6 Å². The number of aromatic hydroxyl groups is 1. The number of benzene rings is 2. The normalized spacial score (nSPS) is 17.7. The Hall–Kier alpha value is -4.01. The maximum Gasteiger partial charge on any atom is 0.177 e. The lowest BCUT2D eigenvalue weighted by atomic mass is 9.93. The van der Waals surface area contributed by atoms with Gasteiger partial charge in [-0.2, -0.15) is 5.26 Å². The first-order valence-corrected chi connectivity index (χ1v) is 16.8. The first-order valence-electron chi connectivity index (χ1n) is 16.1. The number of rotatable bonds is 11. The Kier molecular flexibility index (Phi) is 11.1. The van der Waals surface area contributed by atoms with Gasteiger partial charge in [0.1, 0.15) is 23.4 Å². The minimum absolute atomic E-state index is 0.0505. The molecule has 10 nitrogen and oxygen atoms in total. The van der Waals surface area contributed by atoms with Crippen molar-refractivity contribution in [2.24, 2.45) is 5.41 Å². The third kappa shape index (κ3) is 7.20. The lowest BCUT2D eigenvalue weighted by Gasteiger charge is -2.42. The van der Waals surface area contributed by atoms with Gasteiger partial charge in [-0.05, 0) is 62.6 Å². The monoisotopic (exact) mass is 690 g/mol. The molecule has 252 valence electrons. The van der Waals surface area contributed by atoms with Gasteiger partial charge in [0, 0.05) is 62.9 Å². The van der Waals surface area contributed by atoms with Crippen molar-refractivity contribution in [2.75, 3.05) is 31.6 Å². The van der Waals surface area contributed by atoms with Crippen LogP contribution in [0.2, 0.25) is 10.0 Å². The van der Waals surface area contributed by atoms with Crippen LogP contribution in [-0.4, -0.2) is 74.5 Å². The predicted octanol–water partition coefficient (Wildman–Crippen LogP) is 6.65. The van der Waals surface area contributed by atoms with Gasteiger partial charge in [0.05, 0.1) is 51.0 Å². The topological polar surface area (TPSA) is 136 Å². The van der Waals surface area contributed by atoms with Crippen LogP contribution in [0, 0.1) is 16.7 Å². The number of anilines is 1. The number of imidazole rings is 1. The molecule has 4 aromatic rings. The van der Waals surface area contributed by atoms with Crippen molar-refractivity contribution in [3.05, 3.63) is 81.4 Å². The Morgan fingerprint density at radius 1 is 1.19 bits per heavy atom. The van der Waals surface area contributed by atoms with Gasteiger partial charge < -0.3 is 19.7 Å². The number of nitrogens with zero attached hydrogens (tertiary/aromatic N) is 6. The van der Waals surface area contributed by atoms with Crippen LogP contribution in [0.5, 0.6) is 5.75 Å². The van der Waals surface area contributed by atoms with Crippen LogP contribution in [0.1, 0.15) is 77.7 Å². The first-order chi connectivity index (χ1) is 23.2. The number of piperazine rings is 1. The highest BCUT2D eigenvalue weighted by atomic mass is 35.5. The molecule has 48 heavy (non-hydrogen) atoms. The Labute approximate surface area is 290 Å². The van der Waals surface area contributed by atoms with E-state index in [0.29, 0.717) is 77.2 Å². The summed E-state index contributed by atoms with van der Waals surface area (Å²) in [6.45, 7) is 7.16. The highest BCUT2D eigenvalue weighted by Gasteiger charge is 2.43. The number of carbonyl (C=O) groups is 2. The first kappa shape index (κ1) is 35.3. The molecule has 2 aromatic heterocycles. The quantitative estimate of drug-likeness (QED) is 0.131. The number of aliphatic hydroxyl groups is 1. The summed E-state index contributed by atoms with van der Waals surface area (Å²) in [4.78, 5) is 39.4. The molecule has 0 spiro atoms. The van der Waals surface area contributed by atoms with E-state index in [1.165, 1.54) is 6.20 Å². The molecule has 1 saturated carbocycles. The predicted molar refractivity (Wildman–Crippen MR) is 187 cm³/mol. The zero-order valence-electron chi connectivity index (χ0n) is 27.4. The number of nitriles is 1. The SMILES string of the molecule is CCC1CN(c2cccc(O)c2C(=O)C(C)c2ccc(Cl)cn2)CCN1Cc1nc2c(Cl)cc(C=O)cc2n1CC1(CC#N)CC1.CO. The van der Waals surface area contributed by atoms with Crippen LogP contribution in [0.15, 0.2) is 48.7 Å². The van der Waals surface area contributed by atoms with Gasteiger partial charge in [0.2, 0.25) is 0 Å². The summed E-state index contributed by atoms with van der Waals surface area (Å²) < 4.78 is 2.16. The average molecular weight is 692 g/mol. The fourth-order valence-electron chi connectivity index (χ4n) is 6.61. The van der Waals surface area contributed by atoms with Crippen molar-refractivity contribution in [3.63, 3.8) is 0 Å². The summed E-state index contributed by atoms with van der Waals surface area (Å²) in [7, 11) is 1.00.